The molecule has 0 aliphatic rings. The van der Waals surface area contributed by atoms with Crippen molar-refractivity contribution in [2.75, 3.05) is 13.2 Å². The summed E-state index contributed by atoms with van der Waals surface area (Å²) in [7, 11) is 0. The summed E-state index contributed by atoms with van der Waals surface area (Å²) in [6.07, 6.45) is 1.39. The second kappa shape index (κ2) is 6.53. The summed E-state index contributed by atoms with van der Waals surface area (Å²) in [4.78, 5) is 33.4. The Morgan fingerprint density at radius 1 is 1.53 bits per heavy atom. The number of nitrogens with one attached hydrogen (secondary N) is 1. The highest BCUT2D eigenvalue weighted by molar-refractivity contribution is 5.86. The zero-order valence-electron chi connectivity index (χ0n) is 10.6. The van der Waals surface area contributed by atoms with Gasteiger partial charge < -0.3 is 15.2 Å². The maximum atomic E-state index is 11.7. The highest BCUT2D eigenvalue weighted by Gasteiger charge is 2.18. The lowest BCUT2D eigenvalue weighted by molar-refractivity contribution is -0.143. The fourth-order valence-electron chi connectivity index (χ4n) is 1.31. The molecule has 1 unspecified atom stereocenters. The molecule has 2 N–H and O–H groups in total. The van der Waals surface area contributed by atoms with E-state index in [0.29, 0.717) is 0 Å². The predicted octanol–water partition coefficient (Wildman–Crippen LogP) is -0.178. The molecule has 0 fully saturated rings. The molecule has 0 spiro atoms. The van der Waals surface area contributed by atoms with Crippen LogP contribution in [0.15, 0.2) is 12.3 Å². The van der Waals surface area contributed by atoms with Gasteiger partial charge in [-0.1, -0.05) is 0 Å². The number of hydrogen-bond donors (Lipinski definition) is 2. The number of amides is 1. The van der Waals surface area contributed by atoms with Crippen molar-refractivity contribution in [3.05, 3.63) is 18.0 Å². The van der Waals surface area contributed by atoms with Gasteiger partial charge in [-0.3, -0.25) is 14.3 Å². The second-order valence-corrected chi connectivity index (χ2v) is 3.68. The molecule has 19 heavy (non-hydrogen) atoms. The van der Waals surface area contributed by atoms with Crippen molar-refractivity contribution >= 4 is 17.8 Å². The molecule has 1 aromatic heterocycles. The molecule has 1 heterocycles. The van der Waals surface area contributed by atoms with Gasteiger partial charge in [0.2, 0.25) is 5.91 Å². The number of carboxylic acid groups (broad SMARTS) is 1. The van der Waals surface area contributed by atoms with Crippen LogP contribution in [0.5, 0.6) is 0 Å². The highest BCUT2D eigenvalue weighted by atomic mass is 16.5. The number of carboxylic acids is 1. The largest absolute Gasteiger partial charge is 0.476 e. The smallest absolute Gasteiger partial charge is 0.356 e. The summed E-state index contributed by atoms with van der Waals surface area (Å²) in [5.74, 6) is -2.15. The molecular weight excluding hydrogens is 254 g/mol. The van der Waals surface area contributed by atoms with Gasteiger partial charge in [0, 0.05) is 6.20 Å². The summed E-state index contributed by atoms with van der Waals surface area (Å²) in [6, 6.07) is 0.569. The number of carbonyl (C=O) groups excluding carboxylic acids is 2. The van der Waals surface area contributed by atoms with Crippen molar-refractivity contribution in [1.29, 1.82) is 0 Å². The molecule has 0 radical (unpaired) electrons. The number of hydrogen-bond acceptors (Lipinski definition) is 5. The second-order valence-electron chi connectivity index (χ2n) is 3.68. The molecular formula is C11H15N3O5. The van der Waals surface area contributed by atoms with Gasteiger partial charge in [-0.2, -0.15) is 5.10 Å². The van der Waals surface area contributed by atoms with Crippen LogP contribution in [-0.2, 0) is 14.3 Å². The minimum absolute atomic E-state index is 0.148. The summed E-state index contributed by atoms with van der Waals surface area (Å²) in [5.41, 5.74) is -0.148. The zero-order chi connectivity index (χ0) is 14.4. The third-order valence-corrected chi connectivity index (χ3v) is 2.32. The molecule has 0 aliphatic carbocycles. The van der Waals surface area contributed by atoms with Crippen LogP contribution in [0.3, 0.4) is 0 Å². The SMILES string of the molecule is CCOC(=O)CNC(=O)C(C)n1ccc(C(=O)O)n1. The average Bonchev–Trinajstić information content (AvgIpc) is 2.85. The van der Waals surface area contributed by atoms with E-state index in [4.69, 9.17) is 5.11 Å². The van der Waals surface area contributed by atoms with Crippen molar-refractivity contribution < 1.29 is 24.2 Å². The van der Waals surface area contributed by atoms with Gasteiger partial charge in [0.05, 0.1) is 6.61 Å². The van der Waals surface area contributed by atoms with E-state index in [-0.39, 0.29) is 18.8 Å². The Labute approximate surface area is 109 Å². The Kier molecular flexibility index (Phi) is 5.04. The Hall–Kier alpha value is -2.38. The van der Waals surface area contributed by atoms with Crippen LogP contribution in [0.2, 0.25) is 0 Å². The van der Waals surface area contributed by atoms with Gasteiger partial charge in [-0.25, -0.2) is 4.79 Å². The molecule has 0 aliphatic heterocycles. The summed E-state index contributed by atoms with van der Waals surface area (Å²) in [6.45, 7) is 3.22. The number of rotatable bonds is 6. The molecule has 8 nitrogen and oxygen atoms in total. The Balaban J connectivity index is 2.56. The van der Waals surface area contributed by atoms with Crippen LogP contribution in [0.1, 0.15) is 30.4 Å². The van der Waals surface area contributed by atoms with E-state index in [1.165, 1.54) is 16.9 Å². The van der Waals surface area contributed by atoms with Gasteiger partial charge in [0.25, 0.3) is 0 Å². The summed E-state index contributed by atoms with van der Waals surface area (Å²) in [5, 5.41) is 14.8. The monoisotopic (exact) mass is 269 g/mol. The lowest BCUT2D eigenvalue weighted by Crippen LogP contribution is -2.35. The van der Waals surface area contributed by atoms with E-state index >= 15 is 0 Å². The van der Waals surface area contributed by atoms with Crippen LogP contribution >= 0.6 is 0 Å². The highest BCUT2D eigenvalue weighted by Crippen LogP contribution is 2.05. The van der Waals surface area contributed by atoms with Crippen LogP contribution in [0, 0.1) is 0 Å². The third kappa shape index (κ3) is 4.09. The van der Waals surface area contributed by atoms with E-state index < -0.39 is 23.9 Å². The lowest BCUT2D eigenvalue weighted by Gasteiger charge is -2.12. The first-order chi connectivity index (χ1) is 8.95. The van der Waals surface area contributed by atoms with E-state index in [1.807, 2.05) is 0 Å². The molecule has 8 heteroatoms. The molecule has 0 saturated heterocycles. The fourth-order valence-corrected chi connectivity index (χ4v) is 1.31. The van der Waals surface area contributed by atoms with E-state index in [1.54, 1.807) is 13.8 Å². The molecule has 104 valence electrons. The first-order valence-corrected chi connectivity index (χ1v) is 5.67. The minimum Gasteiger partial charge on any atom is -0.476 e. The molecule has 1 aromatic rings. The Morgan fingerprint density at radius 3 is 2.74 bits per heavy atom. The maximum absolute atomic E-state index is 11.7. The maximum Gasteiger partial charge on any atom is 0.356 e. The van der Waals surface area contributed by atoms with Gasteiger partial charge in [0.1, 0.15) is 12.6 Å². The zero-order valence-corrected chi connectivity index (χ0v) is 10.6. The number of aromatic carboxylic acids is 1. The first-order valence-electron chi connectivity index (χ1n) is 5.67. The van der Waals surface area contributed by atoms with Crippen LogP contribution in [0.4, 0.5) is 0 Å². The number of nitrogens with zero attached hydrogens (tertiary/aromatic N) is 2. The van der Waals surface area contributed by atoms with Crippen molar-refractivity contribution in [2.24, 2.45) is 0 Å². The third-order valence-electron chi connectivity index (χ3n) is 2.32. The minimum atomic E-state index is -1.17. The fraction of sp³-hybridized carbons (Fsp3) is 0.455. The Morgan fingerprint density at radius 2 is 2.21 bits per heavy atom. The van der Waals surface area contributed by atoms with Crippen molar-refractivity contribution in [3.63, 3.8) is 0 Å². The number of ether oxygens (including phenoxy) is 1. The van der Waals surface area contributed by atoms with Gasteiger partial charge in [0.15, 0.2) is 5.69 Å². The molecule has 0 bridgehead atoms. The van der Waals surface area contributed by atoms with Crippen molar-refractivity contribution in [2.45, 2.75) is 19.9 Å². The lowest BCUT2D eigenvalue weighted by atomic mass is 10.3. The molecule has 0 saturated carbocycles. The normalized spacial score (nSPS) is 11.7. The average molecular weight is 269 g/mol. The topological polar surface area (TPSA) is 111 Å². The molecule has 1 atom stereocenters. The summed E-state index contributed by atoms with van der Waals surface area (Å²) >= 11 is 0. The predicted molar refractivity (Wildman–Crippen MR) is 63.5 cm³/mol. The van der Waals surface area contributed by atoms with Crippen LogP contribution in [-0.4, -0.2) is 45.9 Å². The quantitative estimate of drug-likeness (QED) is 0.693. The molecule has 0 aromatic carbocycles. The van der Waals surface area contributed by atoms with Crippen LogP contribution in [0.25, 0.3) is 0 Å². The van der Waals surface area contributed by atoms with E-state index in [2.05, 4.69) is 15.2 Å². The van der Waals surface area contributed by atoms with Crippen LogP contribution < -0.4 is 5.32 Å². The van der Waals surface area contributed by atoms with E-state index in [9.17, 15) is 14.4 Å². The Bertz CT molecular complexity index is 482. The van der Waals surface area contributed by atoms with Crippen molar-refractivity contribution in [3.8, 4) is 0 Å². The van der Waals surface area contributed by atoms with Gasteiger partial charge in [-0.05, 0) is 19.9 Å². The van der Waals surface area contributed by atoms with Gasteiger partial charge >= 0.3 is 11.9 Å². The number of esters is 1. The number of aromatic nitrogens is 2. The van der Waals surface area contributed by atoms with Crippen molar-refractivity contribution in [1.82, 2.24) is 15.1 Å². The molecule has 1 rings (SSSR count). The standard InChI is InChI=1S/C11H15N3O5/c1-3-19-9(15)6-12-10(16)7(2)14-5-4-8(13-14)11(17)18/h4-5,7H,3,6H2,1-2H3,(H,12,16)(H,17,18). The van der Waals surface area contributed by atoms with E-state index in [0.717, 1.165) is 0 Å². The first kappa shape index (κ1) is 14.7. The summed E-state index contributed by atoms with van der Waals surface area (Å²) < 4.78 is 5.87. The molecule has 1 amide bonds. The van der Waals surface area contributed by atoms with Gasteiger partial charge in [-0.15, -0.1) is 0 Å². The number of carbonyl (C=O) groups is 3.